The Balaban J connectivity index is 1.26. The number of fused-ring (bicyclic) bond motifs is 3. The van der Waals surface area contributed by atoms with E-state index in [2.05, 4.69) is 10.6 Å². The monoisotopic (exact) mass is 388 g/mol. The molecule has 0 radical (unpaired) electrons. The van der Waals surface area contributed by atoms with Crippen molar-refractivity contribution in [3.05, 3.63) is 78.4 Å². The zero-order valence-electron chi connectivity index (χ0n) is 15.7. The molecule has 29 heavy (non-hydrogen) atoms. The molecule has 0 saturated heterocycles. The highest BCUT2D eigenvalue weighted by Gasteiger charge is 2.09. The number of amides is 2. The summed E-state index contributed by atoms with van der Waals surface area (Å²) < 4.78 is 10.9. The van der Waals surface area contributed by atoms with E-state index in [1.165, 1.54) is 0 Å². The normalized spacial score (nSPS) is 10.8. The lowest BCUT2D eigenvalue weighted by Crippen LogP contribution is -2.28. The van der Waals surface area contributed by atoms with Crippen molar-refractivity contribution in [2.45, 2.75) is 13.0 Å². The molecule has 4 aromatic rings. The molecule has 2 amide bonds. The van der Waals surface area contributed by atoms with Gasteiger partial charge in [0, 0.05) is 35.5 Å². The van der Waals surface area contributed by atoms with E-state index in [0.717, 1.165) is 21.9 Å². The first kappa shape index (κ1) is 18.6. The van der Waals surface area contributed by atoms with Crippen molar-refractivity contribution >= 4 is 39.6 Å². The van der Waals surface area contributed by atoms with Gasteiger partial charge in [0.25, 0.3) is 0 Å². The maximum Gasteiger partial charge on any atom is 0.407 e. The number of carbonyl (C=O) groups is 2. The van der Waals surface area contributed by atoms with Crippen LogP contribution in [0.15, 0.2) is 77.2 Å². The van der Waals surface area contributed by atoms with Crippen LogP contribution in [0.1, 0.15) is 12.0 Å². The smallest absolute Gasteiger partial charge is 0.407 e. The number of benzene rings is 3. The lowest BCUT2D eigenvalue weighted by atomic mass is 10.1. The van der Waals surface area contributed by atoms with Gasteiger partial charge in [-0.2, -0.15) is 0 Å². The third kappa shape index (κ3) is 4.55. The van der Waals surface area contributed by atoms with Crippen LogP contribution in [0.4, 0.5) is 10.5 Å². The Morgan fingerprint density at radius 3 is 2.48 bits per heavy atom. The van der Waals surface area contributed by atoms with Gasteiger partial charge in [-0.15, -0.1) is 0 Å². The molecule has 0 spiro atoms. The molecule has 4 rings (SSSR count). The van der Waals surface area contributed by atoms with Crippen molar-refractivity contribution in [3.63, 3.8) is 0 Å². The molecule has 1 heterocycles. The van der Waals surface area contributed by atoms with Crippen LogP contribution in [0.3, 0.4) is 0 Å². The maximum absolute atomic E-state index is 12.1. The number of nitrogens with one attached hydrogen (secondary N) is 2. The highest BCUT2D eigenvalue weighted by atomic mass is 16.5. The van der Waals surface area contributed by atoms with E-state index >= 15 is 0 Å². The topological polar surface area (TPSA) is 80.6 Å². The largest absolute Gasteiger partial charge is 0.456 e. The van der Waals surface area contributed by atoms with Crippen LogP contribution >= 0.6 is 0 Å². The minimum atomic E-state index is -0.551. The van der Waals surface area contributed by atoms with Crippen LogP contribution < -0.4 is 10.6 Å². The minimum Gasteiger partial charge on any atom is -0.456 e. The number of carbonyl (C=O) groups excluding carboxylic acids is 2. The van der Waals surface area contributed by atoms with Crippen LogP contribution in [0.2, 0.25) is 0 Å². The van der Waals surface area contributed by atoms with E-state index in [9.17, 15) is 9.59 Å². The van der Waals surface area contributed by atoms with E-state index < -0.39 is 6.09 Å². The summed E-state index contributed by atoms with van der Waals surface area (Å²) in [5, 5.41) is 7.44. The van der Waals surface area contributed by atoms with E-state index in [1.54, 1.807) is 6.07 Å². The van der Waals surface area contributed by atoms with Gasteiger partial charge in [0.1, 0.15) is 17.8 Å². The molecule has 0 atom stereocenters. The van der Waals surface area contributed by atoms with Crippen molar-refractivity contribution in [2.24, 2.45) is 0 Å². The summed E-state index contributed by atoms with van der Waals surface area (Å²) in [6.45, 7) is 0.378. The summed E-state index contributed by atoms with van der Waals surface area (Å²) in [7, 11) is 0. The number of furan rings is 1. The van der Waals surface area contributed by atoms with Gasteiger partial charge >= 0.3 is 6.09 Å². The standard InChI is InChI=1S/C23H20N2O4/c26-22(12-13-24-23(27)28-15-16-6-2-1-3-7-16)25-17-10-11-19-18-8-4-5-9-20(18)29-21(19)14-17/h1-11,14H,12-13,15H2,(H,24,27)(H,25,26). The SMILES string of the molecule is O=C(CCNC(=O)OCc1ccccc1)Nc1ccc2c(c1)oc1ccccc12. The summed E-state index contributed by atoms with van der Waals surface area (Å²) in [6, 6.07) is 22.8. The molecule has 3 aromatic carbocycles. The minimum absolute atomic E-state index is 0.138. The molecule has 1 aromatic heterocycles. The van der Waals surface area contributed by atoms with E-state index in [-0.39, 0.29) is 25.5 Å². The summed E-state index contributed by atoms with van der Waals surface area (Å²) in [5.74, 6) is -0.205. The van der Waals surface area contributed by atoms with Crippen LogP contribution in [-0.2, 0) is 16.1 Å². The molecular formula is C23H20N2O4. The van der Waals surface area contributed by atoms with Gasteiger partial charge < -0.3 is 19.8 Å². The predicted molar refractivity (Wildman–Crippen MR) is 112 cm³/mol. The molecule has 6 heteroatoms. The molecule has 6 nitrogen and oxygen atoms in total. The Morgan fingerprint density at radius 1 is 0.862 bits per heavy atom. The van der Waals surface area contributed by atoms with Crippen LogP contribution in [0, 0.1) is 0 Å². The highest BCUT2D eigenvalue weighted by Crippen LogP contribution is 2.30. The van der Waals surface area contributed by atoms with E-state index in [4.69, 9.17) is 9.15 Å². The van der Waals surface area contributed by atoms with Crippen LogP contribution in [0.25, 0.3) is 21.9 Å². The Bertz CT molecular complexity index is 1150. The average Bonchev–Trinajstić information content (AvgIpc) is 3.11. The number of ether oxygens (including phenoxy) is 1. The van der Waals surface area contributed by atoms with Crippen molar-refractivity contribution in [3.8, 4) is 0 Å². The van der Waals surface area contributed by atoms with Gasteiger partial charge in [0.05, 0.1) is 0 Å². The number of rotatable bonds is 6. The Kier molecular flexibility index (Phi) is 5.42. The molecular weight excluding hydrogens is 368 g/mol. The lowest BCUT2D eigenvalue weighted by molar-refractivity contribution is -0.116. The van der Waals surface area contributed by atoms with E-state index in [1.807, 2.05) is 66.7 Å². The zero-order chi connectivity index (χ0) is 20.1. The maximum atomic E-state index is 12.1. The molecule has 0 saturated carbocycles. The van der Waals surface area contributed by atoms with Gasteiger partial charge in [0.2, 0.25) is 5.91 Å². The number of hydrogen-bond acceptors (Lipinski definition) is 4. The first-order valence-electron chi connectivity index (χ1n) is 9.35. The second-order valence-corrected chi connectivity index (χ2v) is 6.60. The fourth-order valence-electron chi connectivity index (χ4n) is 3.08. The molecule has 2 N–H and O–H groups in total. The second kappa shape index (κ2) is 8.48. The lowest BCUT2D eigenvalue weighted by Gasteiger charge is -2.08. The molecule has 0 fully saturated rings. The summed E-state index contributed by atoms with van der Waals surface area (Å²) in [5.41, 5.74) is 3.07. The fraction of sp³-hybridized carbons (Fsp3) is 0.130. The second-order valence-electron chi connectivity index (χ2n) is 6.60. The number of anilines is 1. The van der Waals surface area contributed by atoms with Crippen molar-refractivity contribution in [1.29, 1.82) is 0 Å². The summed E-state index contributed by atoms with van der Waals surface area (Å²) in [4.78, 5) is 23.9. The number of para-hydroxylation sites is 1. The van der Waals surface area contributed by atoms with Crippen LogP contribution in [0.5, 0.6) is 0 Å². The van der Waals surface area contributed by atoms with Crippen LogP contribution in [-0.4, -0.2) is 18.5 Å². The van der Waals surface area contributed by atoms with Crippen molar-refractivity contribution < 1.29 is 18.7 Å². The van der Waals surface area contributed by atoms with Gasteiger partial charge in [-0.25, -0.2) is 4.79 Å². The third-order valence-electron chi connectivity index (χ3n) is 4.50. The molecule has 0 unspecified atom stereocenters. The number of hydrogen-bond donors (Lipinski definition) is 2. The Morgan fingerprint density at radius 2 is 1.62 bits per heavy atom. The first-order chi connectivity index (χ1) is 14.2. The summed E-state index contributed by atoms with van der Waals surface area (Å²) in [6.07, 6.45) is -0.413. The Hall–Kier alpha value is -3.80. The predicted octanol–water partition coefficient (Wildman–Crippen LogP) is 4.84. The first-order valence-corrected chi connectivity index (χ1v) is 9.35. The van der Waals surface area contributed by atoms with Gasteiger partial charge in [-0.1, -0.05) is 48.5 Å². The third-order valence-corrected chi connectivity index (χ3v) is 4.50. The Labute approximate surface area is 167 Å². The fourth-order valence-corrected chi connectivity index (χ4v) is 3.08. The number of alkyl carbamates (subject to hydrolysis) is 1. The van der Waals surface area contributed by atoms with Gasteiger partial charge in [0.15, 0.2) is 0 Å². The summed E-state index contributed by atoms with van der Waals surface area (Å²) >= 11 is 0. The highest BCUT2D eigenvalue weighted by molar-refractivity contribution is 6.06. The van der Waals surface area contributed by atoms with Crippen molar-refractivity contribution in [1.82, 2.24) is 5.32 Å². The molecule has 0 bridgehead atoms. The molecule has 0 aliphatic rings. The molecule has 0 aliphatic carbocycles. The zero-order valence-corrected chi connectivity index (χ0v) is 15.7. The van der Waals surface area contributed by atoms with Gasteiger partial charge in [-0.05, 0) is 23.8 Å². The quantitative estimate of drug-likeness (QED) is 0.495. The average molecular weight is 388 g/mol. The van der Waals surface area contributed by atoms with Gasteiger partial charge in [-0.3, -0.25) is 4.79 Å². The van der Waals surface area contributed by atoms with Crippen molar-refractivity contribution in [2.75, 3.05) is 11.9 Å². The molecule has 146 valence electrons. The van der Waals surface area contributed by atoms with E-state index in [0.29, 0.717) is 11.3 Å². The molecule has 0 aliphatic heterocycles.